The van der Waals surface area contributed by atoms with Gasteiger partial charge in [-0.05, 0) is 60.9 Å². The highest BCUT2D eigenvalue weighted by Gasteiger charge is 2.12. The molecule has 0 unspecified atom stereocenters. The van der Waals surface area contributed by atoms with Gasteiger partial charge in [-0.1, -0.05) is 48.5 Å². The van der Waals surface area contributed by atoms with Crippen LogP contribution in [0.15, 0.2) is 83.7 Å². The zero-order chi connectivity index (χ0) is 25.3. The monoisotopic (exact) mass is 495 g/mol. The molecule has 0 aliphatic carbocycles. The van der Waals surface area contributed by atoms with E-state index >= 15 is 0 Å². The molecular formula is C29H25N3O3S. The number of aryl methyl sites for hydroxylation is 2. The van der Waals surface area contributed by atoms with Crippen LogP contribution in [0.25, 0.3) is 17.3 Å². The molecule has 1 amide bonds. The van der Waals surface area contributed by atoms with Crippen molar-refractivity contribution in [3.63, 3.8) is 0 Å². The lowest BCUT2D eigenvalue weighted by atomic mass is 10.1. The molecule has 36 heavy (non-hydrogen) atoms. The van der Waals surface area contributed by atoms with Crippen LogP contribution in [0.4, 0.5) is 5.13 Å². The summed E-state index contributed by atoms with van der Waals surface area (Å²) in [5, 5.41) is 14.5. The number of carbonyl (C=O) groups excluding carboxylic acids is 1. The van der Waals surface area contributed by atoms with Crippen LogP contribution in [0, 0.1) is 25.2 Å². The van der Waals surface area contributed by atoms with Gasteiger partial charge in [0.1, 0.15) is 36.4 Å². The maximum Gasteiger partial charge on any atom is 0.268 e. The number of ether oxygens (including phenoxy) is 2. The molecule has 0 atom stereocenters. The minimum absolute atomic E-state index is 0.0121. The van der Waals surface area contributed by atoms with E-state index < -0.39 is 5.91 Å². The summed E-state index contributed by atoms with van der Waals surface area (Å²) in [4.78, 5) is 17.1. The number of amides is 1. The first-order valence-electron chi connectivity index (χ1n) is 11.4. The van der Waals surface area contributed by atoms with E-state index in [0.29, 0.717) is 29.7 Å². The maximum absolute atomic E-state index is 12.6. The number of hydrogen-bond acceptors (Lipinski definition) is 6. The predicted molar refractivity (Wildman–Crippen MR) is 143 cm³/mol. The van der Waals surface area contributed by atoms with Crippen LogP contribution in [-0.2, 0) is 4.79 Å². The Kier molecular flexibility index (Phi) is 8.12. The number of nitrogens with one attached hydrogen (secondary N) is 1. The summed E-state index contributed by atoms with van der Waals surface area (Å²) in [6.07, 6.45) is 1.54. The van der Waals surface area contributed by atoms with Crippen LogP contribution in [0.5, 0.6) is 11.5 Å². The first-order chi connectivity index (χ1) is 17.5. The number of carbonyl (C=O) groups is 1. The van der Waals surface area contributed by atoms with Gasteiger partial charge in [0.25, 0.3) is 5.91 Å². The largest absolute Gasteiger partial charge is 0.490 e. The Morgan fingerprint density at radius 1 is 0.972 bits per heavy atom. The highest BCUT2D eigenvalue weighted by molar-refractivity contribution is 7.14. The normalized spacial score (nSPS) is 11.0. The summed E-state index contributed by atoms with van der Waals surface area (Å²) in [5.74, 6) is 0.999. The molecule has 1 aromatic heterocycles. The molecule has 3 aromatic carbocycles. The predicted octanol–water partition coefficient (Wildman–Crippen LogP) is 6.43. The Morgan fingerprint density at radius 2 is 1.64 bits per heavy atom. The first-order valence-corrected chi connectivity index (χ1v) is 12.3. The first kappa shape index (κ1) is 24.7. The van der Waals surface area contributed by atoms with E-state index in [1.165, 1.54) is 17.4 Å². The van der Waals surface area contributed by atoms with Crippen molar-refractivity contribution >= 4 is 28.5 Å². The third kappa shape index (κ3) is 6.81. The van der Waals surface area contributed by atoms with Crippen LogP contribution in [-0.4, -0.2) is 24.1 Å². The second kappa shape index (κ2) is 11.8. The molecule has 0 fully saturated rings. The fraction of sp³-hybridized carbons (Fsp3) is 0.138. The zero-order valence-electron chi connectivity index (χ0n) is 20.0. The van der Waals surface area contributed by atoms with E-state index in [-0.39, 0.29) is 5.57 Å². The number of anilines is 1. The van der Waals surface area contributed by atoms with Crippen molar-refractivity contribution in [2.45, 2.75) is 13.8 Å². The molecule has 0 saturated carbocycles. The molecule has 0 bridgehead atoms. The van der Waals surface area contributed by atoms with Gasteiger partial charge in [0.2, 0.25) is 0 Å². The summed E-state index contributed by atoms with van der Waals surface area (Å²) in [6, 6.07) is 24.9. The molecule has 180 valence electrons. The van der Waals surface area contributed by atoms with Crippen molar-refractivity contribution < 1.29 is 14.3 Å². The summed E-state index contributed by atoms with van der Waals surface area (Å²) < 4.78 is 11.5. The van der Waals surface area contributed by atoms with E-state index in [2.05, 4.69) is 16.4 Å². The van der Waals surface area contributed by atoms with Gasteiger partial charge < -0.3 is 9.47 Å². The minimum atomic E-state index is -0.504. The second-order valence-electron chi connectivity index (χ2n) is 8.12. The topological polar surface area (TPSA) is 84.2 Å². The third-order valence-corrected chi connectivity index (χ3v) is 5.92. The molecule has 0 aliphatic heterocycles. The number of aromatic nitrogens is 1. The van der Waals surface area contributed by atoms with Gasteiger partial charge in [0, 0.05) is 10.9 Å². The second-order valence-corrected chi connectivity index (χ2v) is 8.98. The lowest BCUT2D eigenvalue weighted by molar-refractivity contribution is -0.112. The SMILES string of the molecule is Cc1cc(C)cc(OCCOc2ccc(C=C(C#N)C(=O)Nc3nc(-c4ccccc4)cs3)cc2)c1. The Hall–Kier alpha value is -4.41. The van der Waals surface area contributed by atoms with Crippen LogP contribution in [0.3, 0.4) is 0 Å². The lowest BCUT2D eigenvalue weighted by Gasteiger charge is -2.10. The van der Waals surface area contributed by atoms with Crippen molar-refractivity contribution in [2.75, 3.05) is 18.5 Å². The van der Waals surface area contributed by atoms with E-state index in [0.717, 1.165) is 28.1 Å². The van der Waals surface area contributed by atoms with E-state index in [9.17, 15) is 10.1 Å². The van der Waals surface area contributed by atoms with Gasteiger partial charge in [-0.15, -0.1) is 11.3 Å². The number of nitrogens with zero attached hydrogens (tertiary/aromatic N) is 2. The molecule has 0 aliphatic rings. The average molecular weight is 496 g/mol. The molecule has 1 heterocycles. The van der Waals surface area contributed by atoms with Crippen molar-refractivity contribution in [1.29, 1.82) is 5.26 Å². The van der Waals surface area contributed by atoms with Crippen molar-refractivity contribution in [1.82, 2.24) is 4.98 Å². The fourth-order valence-electron chi connectivity index (χ4n) is 3.55. The standard InChI is InChI=1S/C29H25N3O3S/c1-20-14-21(2)16-26(15-20)35-13-12-34-25-10-8-22(9-11-25)17-24(18-30)28(33)32-29-31-27(19-36-29)23-6-4-3-5-7-23/h3-11,14-17,19H,12-13H2,1-2H3,(H,31,32,33). The molecule has 0 radical (unpaired) electrons. The van der Waals surface area contributed by atoms with Gasteiger partial charge in [0.15, 0.2) is 5.13 Å². The molecule has 4 aromatic rings. The Bertz CT molecular complexity index is 1380. The maximum atomic E-state index is 12.6. The summed E-state index contributed by atoms with van der Waals surface area (Å²) in [6.45, 7) is 4.89. The Labute approximate surface area is 214 Å². The highest BCUT2D eigenvalue weighted by atomic mass is 32.1. The molecule has 0 spiro atoms. The Morgan fingerprint density at radius 3 is 2.31 bits per heavy atom. The van der Waals surface area contributed by atoms with Crippen LogP contribution < -0.4 is 14.8 Å². The number of thiazole rings is 1. The van der Waals surface area contributed by atoms with Gasteiger partial charge in [0.05, 0.1) is 5.69 Å². The molecule has 6 nitrogen and oxygen atoms in total. The van der Waals surface area contributed by atoms with Crippen LogP contribution in [0.1, 0.15) is 16.7 Å². The summed E-state index contributed by atoms with van der Waals surface area (Å²) in [5.41, 5.74) is 4.75. The average Bonchev–Trinajstić information content (AvgIpc) is 3.34. The number of benzene rings is 3. The van der Waals surface area contributed by atoms with Gasteiger partial charge in [-0.25, -0.2) is 4.98 Å². The zero-order valence-corrected chi connectivity index (χ0v) is 20.8. The number of rotatable bonds is 9. The van der Waals surface area contributed by atoms with Gasteiger partial charge in [-0.3, -0.25) is 10.1 Å². The highest BCUT2D eigenvalue weighted by Crippen LogP contribution is 2.25. The molecule has 1 N–H and O–H groups in total. The van der Waals surface area contributed by atoms with E-state index in [1.807, 2.05) is 67.8 Å². The quantitative estimate of drug-likeness (QED) is 0.164. The Balaban J connectivity index is 1.30. The van der Waals surface area contributed by atoms with E-state index in [1.54, 1.807) is 24.3 Å². The molecule has 7 heteroatoms. The van der Waals surface area contributed by atoms with E-state index in [4.69, 9.17) is 9.47 Å². The summed E-state index contributed by atoms with van der Waals surface area (Å²) in [7, 11) is 0. The summed E-state index contributed by atoms with van der Waals surface area (Å²) >= 11 is 1.31. The lowest BCUT2D eigenvalue weighted by Crippen LogP contribution is -2.13. The van der Waals surface area contributed by atoms with Crippen molar-refractivity contribution in [2.24, 2.45) is 0 Å². The minimum Gasteiger partial charge on any atom is -0.490 e. The smallest absolute Gasteiger partial charge is 0.268 e. The van der Waals surface area contributed by atoms with Crippen LogP contribution in [0.2, 0.25) is 0 Å². The number of nitriles is 1. The molecular weight excluding hydrogens is 470 g/mol. The van der Waals surface area contributed by atoms with Gasteiger partial charge in [-0.2, -0.15) is 5.26 Å². The van der Waals surface area contributed by atoms with Crippen molar-refractivity contribution in [3.8, 4) is 28.8 Å². The van der Waals surface area contributed by atoms with Gasteiger partial charge >= 0.3 is 0 Å². The van der Waals surface area contributed by atoms with Crippen LogP contribution >= 0.6 is 11.3 Å². The number of hydrogen-bond donors (Lipinski definition) is 1. The van der Waals surface area contributed by atoms with Crippen molar-refractivity contribution in [3.05, 3.63) is 100 Å². The fourth-order valence-corrected chi connectivity index (χ4v) is 4.26. The third-order valence-electron chi connectivity index (χ3n) is 5.17. The molecule has 4 rings (SSSR count). The molecule has 0 saturated heterocycles.